The number of carboxylic acid groups (broad SMARTS) is 1. The second-order valence-electron chi connectivity index (χ2n) is 3.47. The summed E-state index contributed by atoms with van der Waals surface area (Å²) in [6.07, 6.45) is 0. The predicted molar refractivity (Wildman–Crippen MR) is 70.3 cm³/mol. The van der Waals surface area contributed by atoms with Crippen molar-refractivity contribution in [3.8, 4) is 5.75 Å². The van der Waals surface area contributed by atoms with Crippen LogP contribution in [0.2, 0.25) is 0 Å². The molecule has 8 heteroatoms. The van der Waals surface area contributed by atoms with Crippen LogP contribution < -0.4 is 9.46 Å². The number of halogens is 1. The van der Waals surface area contributed by atoms with Gasteiger partial charge < -0.3 is 9.84 Å². The first-order chi connectivity index (χ1) is 8.27. The number of carbonyl (C=O) groups is 1. The molecule has 0 aromatic heterocycles. The van der Waals surface area contributed by atoms with Crippen LogP contribution in [0, 0.1) is 0 Å². The van der Waals surface area contributed by atoms with Crippen LogP contribution >= 0.6 is 15.9 Å². The second kappa shape index (κ2) is 5.57. The minimum atomic E-state index is -4.01. The van der Waals surface area contributed by atoms with Crippen LogP contribution in [0.4, 0.5) is 5.69 Å². The van der Waals surface area contributed by atoms with Gasteiger partial charge in [-0.3, -0.25) is 9.52 Å². The highest BCUT2D eigenvalue weighted by molar-refractivity contribution is 9.10. The van der Waals surface area contributed by atoms with Crippen LogP contribution in [0.5, 0.6) is 5.75 Å². The number of hydrogen-bond acceptors (Lipinski definition) is 4. The van der Waals surface area contributed by atoms with Gasteiger partial charge in [0.2, 0.25) is 10.0 Å². The molecule has 0 saturated heterocycles. The maximum Gasteiger partial charge on any atom is 0.323 e. The number of aliphatic carboxylic acids is 1. The summed E-state index contributed by atoms with van der Waals surface area (Å²) in [4.78, 5) is 10.7. The van der Waals surface area contributed by atoms with E-state index in [9.17, 15) is 13.2 Å². The Morgan fingerprint density at radius 1 is 1.50 bits per heavy atom. The third-order valence-electron chi connectivity index (χ3n) is 2.23. The van der Waals surface area contributed by atoms with Crippen molar-refractivity contribution in [1.82, 2.24) is 0 Å². The molecule has 0 spiro atoms. The van der Waals surface area contributed by atoms with Crippen LogP contribution in [-0.4, -0.2) is 31.9 Å². The lowest BCUT2D eigenvalue weighted by Crippen LogP contribution is -2.32. The van der Waals surface area contributed by atoms with Crippen molar-refractivity contribution >= 4 is 37.6 Å². The summed E-state index contributed by atoms with van der Waals surface area (Å²) in [5.41, 5.74) is 0.181. The predicted octanol–water partition coefficient (Wildman–Crippen LogP) is 1.67. The normalized spacial score (nSPS) is 12.8. The van der Waals surface area contributed by atoms with Crippen molar-refractivity contribution in [3.05, 3.63) is 22.7 Å². The molecule has 1 atom stereocenters. The zero-order valence-corrected chi connectivity index (χ0v) is 12.1. The van der Waals surface area contributed by atoms with E-state index < -0.39 is 21.2 Å². The quantitative estimate of drug-likeness (QED) is 0.852. The first kappa shape index (κ1) is 14.8. The molecule has 0 radical (unpaired) electrons. The van der Waals surface area contributed by atoms with Gasteiger partial charge in [-0.25, -0.2) is 8.42 Å². The number of benzene rings is 1. The number of nitrogens with one attached hydrogen (secondary N) is 1. The second-order valence-corrected chi connectivity index (χ2v) is 6.39. The Bertz CT molecular complexity index is 557. The summed E-state index contributed by atoms with van der Waals surface area (Å²) in [5, 5.41) is 7.16. The molecule has 0 amide bonds. The molecule has 18 heavy (non-hydrogen) atoms. The van der Waals surface area contributed by atoms with E-state index in [4.69, 9.17) is 9.84 Å². The van der Waals surface area contributed by atoms with Crippen molar-refractivity contribution in [2.75, 3.05) is 11.8 Å². The molecule has 1 rings (SSSR count). The van der Waals surface area contributed by atoms with Gasteiger partial charge in [-0.1, -0.05) is 15.9 Å². The van der Waals surface area contributed by atoms with Crippen molar-refractivity contribution in [2.45, 2.75) is 12.2 Å². The number of anilines is 1. The Morgan fingerprint density at radius 3 is 2.61 bits per heavy atom. The smallest absolute Gasteiger partial charge is 0.323 e. The average Bonchev–Trinajstić information content (AvgIpc) is 2.27. The van der Waals surface area contributed by atoms with E-state index in [1.165, 1.54) is 13.2 Å². The minimum absolute atomic E-state index is 0.181. The number of rotatable bonds is 5. The number of hydrogen-bond donors (Lipinski definition) is 2. The molecule has 100 valence electrons. The monoisotopic (exact) mass is 337 g/mol. The lowest BCUT2D eigenvalue weighted by Gasteiger charge is -2.14. The Labute approximate surface area is 113 Å². The van der Waals surface area contributed by atoms with Gasteiger partial charge in [0.25, 0.3) is 0 Å². The molecule has 0 bridgehead atoms. The van der Waals surface area contributed by atoms with E-state index in [0.29, 0.717) is 10.2 Å². The van der Waals surface area contributed by atoms with Gasteiger partial charge >= 0.3 is 5.97 Å². The molecule has 1 aromatic rings. The lowest BCUT2D eigenvalue weighted by molar-refractivity contribution is -0.136. The van der Waals surface area contributed by atoms with Crippen molar-refractivity contribution in [2.24, 2.45) is 0 Å². The Morgan fingerprint density at radius 2 is 2.11 bits per heavy atom. The molecule has 0 aliphatic rings. The average molecular weight is 338 g/mol. The van der Waals surface area contributed by atoms with Gasteiger partial charge in [0.15, 0.2) is 5.25 Å². The first-order valence-corrected chi connectivity index (χ1v) is 7.20. The number of carboxylic acids is 1. The fourth-order valence-electron chi connectivity index (χ4n) is 1.13. The van der Waals surface area contributed by atoms with Gasteiger partial charge in [0.05, 0.1) is 12.8 Å². The minimum Gasteiger partial charge on any atom is -0.495 e. The van der Waals surface area contributed by atoms with E-state index in [2.05, 4.69) is 20.7 Å². The van der Waals surface area contributed by atoms with Gasteiger partial charge in [0.1, 0.15) is 5.75 Å². The topological polar surface area (TPSA) is 92.7 Å². The van der Waals surface area contributed by atoms with Crippen molar-refractivity contribution < 1.29 is 23.1 Å². The van der Waals surface area contributed by atoms with Gasteiger partial charge in [-0.05, 0) is 25.1 Å². The van der Waals surface area contributed by atoms with Crippen LogP contribution in [0.1, 0.15) is 6.92 Å². The lowest BCUT2D eigenvalue weighted by atomic mass is 10.3. The maximum atomic E-state index is 11.8. The summed E-state index contributed by atoms with van der Waals surface area (Å²) in [6.45, 7) is 1.09. The van der Waals surface area contributed by atoms with Crippen LogP contribution in [0.3, 0.4) is 0 Å². The highest BCUT2D eigenvalue weighted by Gasteiger charge is 2.28. The Balaban J connectivity index is 3.11. The molecular weight excluding hydrogens is 326 g/mol. The van der Waals surface area contributed by atoms with Gasteiger partial charge in [-0.15, -0.1) is 0 Å². The molecule has 2 N–H and O–H groups in total. The van der Waals surface area contributed by atoms with Crippen LogP contribution in [0.15, 0.2) is 22.7 Å². The summed E-state index contributed by atoms with van der Waals surface area (Å²) in [6, 6.07) is 4.73. The summed E-state index contributed by atoms with van der Waals surface area (Å²) in [7, 11) is -2.62. The van der Waals surface area contributed by atoms with E-state index in [0.717, 1.165) is 6.92 Å². The molecule has 1 unspecified atom stereocenters. The fourth-order valence-corrected chi connectivity index (χ4v) is 2.40. The van der Waals surface area contributed by atoms with Crippen LogP contribution in [0.25, 0.3) is 0 Å². The highest BCUT2D eigenvalue weighted by Crippen LogP contribution is 2.29. The SMILES string of the molecule is COc1ccc(Br)cc1NS(=O)(=O)C(C)C(=O)O. The molecule has 0 aliphatic carbocycles. The van der Waals surface area contributed by atoms with Crippen LogP contribution in [-0.2, 0) is 14.8 Å². The molecule has 0 aliphatic heterocycles. The zero-order chi connectivity index (χ0) is 13.9. The number of ether oxygens (including phenoxy) is 1. The maximum absolute atomic E-state index is 11.8. The fraction of sp³-hybridized carbons (Fsp3) is 0.300. The molecule has 0 fully saturated rings. The largest absolute Gasteiger partial charge is 0.495 e. The first-order valence-electron chi connectivity index (χ1n) is 4.86. The van der Waals surface area contributed by atoms with Crippen molar-refractivity contribution in [3.63, 3.8) is 0 Å². The zero-order valence-electron chi connectivity index (χ0n) is 9.68. The Kier molecular flexibility index (Phi) is 4.58. The summed E-state index contributed by atoms with van der Waals surface area (Å²) in [5.74, 6) is -1.11. The highest BCUT2D eigenvalue weighted by atomic mass is 79.9. The van der Waals surface area contributed by atoms with E-state index in [1.807, 2.05) is 0 Å². The molecule has 1 aromatic carbocycles. The standard InChI is InChI=1S/C10H12BrNO5S/c1-6(10(13)14)18(15,16)12-8-5-7(11)3-4-9(8)17-2/h3-6,12H,1-2H3,(H,13,14). The van der Waals surface area contributed by atoms with Gasteiger partial charge in [-0.2, -0.15) is 0 Å². The number of sulfonamides is 1. The third-order valence-corrected chi connectivity index (χ3v) is 4.36. The third kappa shape index (κ3) is 3.36. The van der Waals surface area contributed by atoms with Gasteiger partial charge in [0, 0.05) is 4.47 Å². The summed E-state index contributed by atoms with van der Waals surface area (Å²) < 4.78 is 31.3. The molecule has 0 heterocycles. The van der Waals surface area contributed by atoms with E-state index >= 15 is 0 Å². The molecular formula is C10H12BrNO5S. The van der Waals surface area contributed by atoms with E-state index in [-0.39, 0.29) is 5.69 Å². The number of methoxy groups -OCH3 is 1. The molecule has 0 saturated carbocycles. The van der Waals surface area contributed by atoms with Crippen molar-refractivity contribution in [1.29, 1.82) is 0 Å². The summed E-state index contributed by atoms with van der Waals surface area (Å²) >= 11 is 3.19. The Hall–Kier alpha value is -1.28. The molecule has 6 nitrogen and oxygen atoms in total. The van der Waals surface area contributed by atoms with E-state index in [1.54, 1.807) is 12.1 Å².